The SMILES string of the molecule is CC(=O)Oc1ccc2c3c1O[C@H]1[C@@H](OC(C)=O)C=CC4[C@H](CCCC[C@@]341)C2. The maximum Gasteiger partial charge on any atom is 0.308 e. The third kappa shape index (κ3) is 2.30. The van der Waals surface area contributed by atoms with E-state index in [-0.39, 0.29) is 23.5 Å². The van der Waals surface area contributed by atoms with Gasteiger partial charge in [0.15, 0.2) is 17.6 Å². The molecule has 1 fully saturated rings. The third-order valence-corrected chi connectivity index (χ3v) is 6.79. The van der Waals surface area contributed by atoms with E-state index in [1.54, 1.807) is 0 Å². The first-order chi connectivity index (χ1) is 13.0. The van der Waals surface area contributed by atoms with Gasteiger partial charge in [0.05, 0.1) is 0 Å². The Morgan fingerprint density at radius 3 is 2.78 bits per heavy atom. The Hall–Kier alpha value is -2.30. The summed E-state index contributed by atoms with van der Waals surface area (Å²) in [7, 11) is 0. The van der Waals surface area contributed by atoms with Gasteiger partial charge in [0.1, 0.15) is 6.10 Å². The lowest BCUT2D eigenvalue weighted by Crippen LogP contribution is -2.56. The normalized spacial score (nSPS) is 34.9. The van der Waals surface area contributed by atoms with Crippen molar-refractivity contribution in [2.45, 2.75) is 63.6 Å². The molecule has 5 heteroatoms. The highest BCUT2D eigenvalue weighted by atomic mass is 16.6. The van der Waals surface area contributed by atoms with Gasteiger partial charge in [0.25, 0.3) is 0 Å². The molecule has 0 amide bonds. The lowest BCUT2D eigenvalue weighted by atomic mass is 9.54. The summed E-state index contributed by atoms with van der Waals surface area (Å²) in [6, 6.07) is 3.95. The van der Waals surface area contributed by atoms with Crippen LogP contribution in [0.3, 0.4) is 0 Å². The molecule has 5 atom stereocenters. The van der Waals surface area contributed by atoms with Crippen LogP contribution in [0.4, 0.5) is 0 Å². The van der Waals surface area contributed by atoms with Gasteiger partial charge in [-0.2, -0.15) is 0 Å². The van der Waals surface area contributed by atoms with E-state index in [1.807, 2.05) is 12.1 Å². The Labute approximate surface area is 158 Å². The molecule has 0 radical (unpaired) electrons. The van der Waals surface area contributed by atoms with E-state index >= 15 is 0 Å². The van der Waals surface area contributed by atoms with Crippen LogP contribution in [-0.2, 0) is 26.2 Å². The molecule has 0 N–H and O–H groups in total. The number of carbonyl (C=O) groups is 2. The van der Waals surface area contributed by atoms with Crippen molar-refractivity contribution < 1.29 is 23.8 Å². The van der Waals surface area contributed by atoms with Crippen molar-refractivity contribution in [3.63, 3.8) is 0 Å². The Balaban J connectivity index is 1.72. The van der Waals surface area contributed by atoms with Gasteiger partial charge in [0.2, 0.25) is 0 Å². The van der Waals surface area contributed by atoms with Gasteiger partial charge in [-0.1, -0.05) is 25.0 Å². The second kappa shape index (κ2) is 5.85. The molecule has 0 aromatic heterocycles. The maximum absolute atomic E-state index is 11.7. The van der Waals surface area contributed by atoms with Crippen LogP contribution < -0.4 is 9.47 Å². The summed E-state index contributed by atoms with van der Waals surface area (Å²) in [6.45, 7) is 2.84. The number of allylic oxidation sites excluding steroid dienone is 1. The summed E-state index contributed by atoms with van der Waals surface area (Å²) in [5, 5.41) is 0. The van der Waals surface area contributed by atoms with Crippen LogP contribution in [-0.4, -0.2) is 24.1 Å². The minimum absolute atomic E-state index is 0.199. The minimum atomic E-state index is -0.416. The number of ether oxygens (including phenoxy) is 3. The van der Waals surface area contributed by atoms with E-state index in [2.05, 4.69) is 12.1 Å². The van der Waals surface area contributed by atoms with Crippen LogP contribution in [0.2, 0.25) is 0 Å². The molecular formula is C22H24O5. The van der Waals surface area contributed by atoms with Crippen LogP contribution in [0.25, 0.3) is 0 Å². The molecule has 2 bridgehead atoms. The first-order valence-electron chi connectivity index (χ1n) is 9.87. The van der Waals surface area contributed by atoms with Gasteiger partial charge in [-0.25, -0.2) is 0 Å². The Bertz CT molecular complexity index is 857. The van der Waals surface area contributed by atoms with E-state index in [0.29, 0.717) is 23.3 Å². The Morgan fingerprint density at radius 1 is 1.15 bits per heavy atom. The van der Waals surface area contributed by atoms with Crippen LogP contribution in [0.5, 0.6) is 11.5 Å². The standard InChI is InChI=1S/C22H24O5/c1-12(23)25-17-8-6-15-11-14-5-3-4-10-22-16(14)7-9-18(26-13(2)24)21(22)27-20(17)19(15)22/h6-9,14,16,18,21H,3-5,10-11H2,1-2H3/t14-,16?,18+,21+,22+/m1/s1. The Kier molecular flexibility index (Phi) is 3.65. The van der Waals surface area contributed by atoms with Crippen LogP contribution in [0.1, 0.15) is 50.7 Å². The summed E-state index contributed by atoms with van der Waals surface area (Å²) in [5.74, 6) is 1.44. The number of esters is 2. The third-order valence-electron chi connectivity index (χ3n) is 6.79. The lowest BCUT2D eigenvalue weighted by Gasteiger charge is -2.49. The average molecular weight is 368 g/mol. The van der Waals surface area contributed by atoms with Gasteiger partial charge in [-0.15, -0.1) is 0 Å². The smallest absolute Gasteiger partial charge is 0.308 e. The topological polar surface area (TPSA) is 61.8 Å². The fourth-order valence-electron chi connectivity index (χ4n) is 6.05. The number of benzene rings is 1. The van der Waals surface area contributed by atoms with Crippen LogP contribution in [0, 0.1) is 11.8 Å². The molecule has 1 aromatic rings. The number of rotatable bonds is 2. The zero-order valence-electron chi connectivity index (χ0n) is 15.7. The largest absolute Gasteiger partial charge is 0.481 e. The zero-order valence-corrected chi connectivity index (χ0v) is 15.7. The molecule has 1 aliphatic heterocycles. The summed E-state index contributed by atoms with van der Waals surface area (Å²) < 4.78 is 17.6. The fraction of sp³-hybridized carbons (Fsp3) is 0.545. The predicted molar refractivity (Wildman–Crippen MR) is 97.7 cm³/mol. The first kappa shape index (κ1) is 16.8. The van der Waals surface area contributed by atoms with Gasteiger partial charge >= 0.3 is 11.9 Å². The second-order valence-corrected chi connectivity index (χ2v) is 8.29. The van der Waals surface area contributed by atoms with Crippen LogP contribution in [0.15, 0.2) is 24.3 Å². The average Bonchev–Trinajstić information content (AvgIpc) is 2.89. The van der Waals surface area contributed by atoms with E-state index in [1.165, 1.54) is 37.8 Å². The zero-order chi connectivity index (χ0) is 18.8. The molecule has 27 heavy (non-hydrogen) atoms. The van der Waals surface area contributed by atoms with Gasteiger partial charge in [-0.05, 0) is 48.8 Å². The van der Waals surface area contributed by atoms with Gasteiger partial charge < -0.3 is 14.2 Å². The van der Waals surface area contributed by atoms with Crippen molar-refractivity contribution >= 4 is 11.9 Å². The summed E-state index contributed by atoms with van der Waals surface area (Å²) in [5.41, 5.74) is 2.29. The summed E-state index contributed by atoms with van der Waals surface area (Å²) in [6.07, 6.45) is 9.17. The summed E-state index contributed by atoms with van der Waals surface area (Å²) in [4.78, 5) is 23.3. The van der Waals surface area contributed by atoms with Crippen molar-refractivity contribution in [1.29, 1.82) is 0 Å². The summed E-state index contributed by atoms with van der Waals surface area (Å²) >= 11 is 0. The number of carbonyl (C=O) groups excluding carboxylic acids is 2. The monoisotopic (exact) mass is 368 g/mol. The molecule has 1 spiro atoms. The highest BCUT2D eigenvalue weighted by Gasteiger charge is 2.63. The Morgan fingerprint density at radius 2 is 2.00 bits per heavy atom. The second-order valence-electron chi connectivity index (χ2n) is 8.29. The number of hydrogen-bond acceptors (Lipinski definition) is 5. The molecule has 1 saturated carbocycles. The molecular weight excluding hydrogens is 344 g/mol. The van der Waals surface area contributed by atoms with Crippen molar-refractivity contribution in [1.82, 2.24) is 0 Å². The molecule has 1 unspecified atom stereocenters. The van der Waals surface area contributed by atoms with Crippen molar-refractivity contribution in [3.8, 4) is 11.5 Å². The van der Waals surface area contributed by atoms with E-state index in [0.717, 1.165) is 19.3 Å². The van der Waals surface area contributed by atoms with Crippen molar-refractivity contribution in [2.75, 3.05) is 0 Å². The molecule has 1 aromatic carbocycles. The molecule has 5 rings (SSSR count). The molecule has 1 heterocycles. The fourth-order valence-corrected chi connectivity index (χ4v) is 6.05. The van der Waals surface area contributed by atoms with Crippen molar-refractivity contribution in [3.05, 3.63) is 35.4 Å². The molecule has 3 aliphatic carbocycles. The molecule has 4 aliphatic rings. The van der Waals surface area contributed by atoms with E-state index in [4.69, 9.17) is 14.2 Å². The van der Waals surface area contributed by atoms with Gasteiger partial charge in [-0.3, -0.25) is 9.59 Å². The van der Waals surface area contributed by atoms with Crippen LogP contribution >= 0.6 is 0 Å². The van der Waals surface area contributed by atoms with Gasteiger partial charge in [0, 0.05) is 24.8 Å². The number of hydrogen-bond donors (Lipinski definition) is 0. The molecule has 142 valence electrons. The quantitative estimate of drug-likeness (QED) is 0.454. The predicted octanol–water partition coefficient (Wildman–Crippen LogP) is 3.47. The molecule has 5 nitrogen and oxygen atoms in total. The highest BCUT2D eigenvalue weighted by Crippen LogP contribution is 2.64. The lowest BCUT2D eigenvalue weighted by molar-refractivity contribution is -0.151. The minimum Gasteiger partial charge on any atom is -0.481 e. The van der Waals surface area contributed by atoms with Crippen molar-refractivity contribution in [2.24, 2.45) is 11.8 Å². The first-order valence-corrected chi connectivity index (χ1v) is 9.87. The van der Waals surface area contributed by atoms with E-state index in [9.17, 15) is 9.59 Å². The van der Waals surface area contributed by atoms with E-state index < -0.39 is 6.10 Å². The molecule has 0 saturated heterocycles. The highest BCUT2D eigenvalue weighted by molar-refractivity contribution is 5.72. The maximum atomic E-state index is 11.7.